The zero-order valence-electron chi connectivity index (χ0n) is 17.5. The van der Waals surface area contributed by atoms with Crippen molar-refractivity contribution < 1.29 is 9.90 Å². The number of halogens is 1. The highest BCUT2D eigenvalue weighted by Gasteiger charge is 2.64. The molecule has 6 nitrogen and oxygen atoms in total. The van der Waals surface area contributed by atoms with E-state index in [-0.39, 0.29) is 0 Å². The van der Waals surface area contributed by atoms with Gasteiger partial charge in [0, 0.05) is 22.0 Å². The monoisotopic (exact) mass is 442 g/mol. The molecule has 1 heterocycles. The van der Waals surface area contributed by atoms with Crippen LogP contribution in [-0.4, -0.2) is 16.7 Å². The fourth-order valence-corrected chi connectivity index (χ4v) is 4.33. The minimum Gasteiger partial charge on any atom is -0.365 e. The van der Waals surface area contributed by atoms with Crippen LogP contribution in [0.25, 0.3) is 0 Å². The third-order valence-corrected chi connectivity index (χ3v) is 6.10. The number of benzene rings is 3. The molecule has 32 heavy (non-hydrogen) atoms. The van der Waals surface area contributed by atoms with Crippen LogP contribution in [0, 0.1) is 22.7 Å². The highest BCUT2D eigenvalue weighted by molar-refractivity contribution is 6.30. The topological polar surface area (TPSA) is 91.4 Å². The van der Waals surface area contributed by atoms with Gasteiger partial charge in [-0.25, -0.2) is 4.79 Å². The summed E-state index contributed by atoms with van der Waals surface area (Å²) < 4.78 is 0. The number of nitrogens with zero attached hydrogens (tertiary/aromatic N) is 4. The fourth-order valence-electron chi connectivity index (χ4n) is 4.20. The van der Waals surface area contributed by atoms with Crippen LogP contribution in [0.5, 0.6) is 0 Å². The van der Waals surface area contributed by atoms with Crippen LogP contribution in [0.15, 0.2) is 72.8 Å². The lowest BCUT2D eigenvalue weighted by Crippen LogP contribution is -2.56. The summed E-state index contributed by atoms with van der Waals surface area (Å²) in [7, 11) is 0. The third-order valence-electron chi connectivity index (χ3n) is 5.85. The molecular formula is C25H19ClN4O2. The van der Waals surface area contributed by atoms with Crippen LogP contribution in [0.3, 0.4) is 0 Å². The quantitative estimate of drug-likeness (QED) is 0.606. The van der Waals surface area contributed by atoms with Gasteiger partial charge in [-0.3, -0.25) is 9.80 Å². The molecule has 158 valence electrons. The van der Waals surface area contributed by atoms with E-state index in [2.05, 4.69) is 12.1 Å². The van der Waals surface area contributed by atoms with E-state index in [1.54, 1.807) is 86.6 Å². The van der Waals surface area contributed by atoms with E-state index < -0.39 is 17.3 Å². The zero-order valence-corrected chi connectivity index (χ0v) is 18.2. The number of carbonyl (C=O) groups is 1. The van der Waals surface area contributed by atoms with Crippen LogP contribution in [0.4, 0.5) is 16.2 Å². The SMILES string of the molecule is CC1(C)N(c2ccc(Cl)cc2)C(=O)N(c2ccc(C#N)cc2)C1(O)c1cccc(C#N)c1. The Bertz CT molecular complexity index is 1270. The first-order valence-corrected chi connectivity index (χ1v) is 10.2. The van der Waals surface area contributed by atoms with Crippen molar-refractivity contribution in [1.82, 2.24) is 0 Å². The Labute approximate surface area is 191 Å². The number of rotatable bonds is 3. The molecule has 1 N–H and O–H groups in total. The molecule has 0 radical (unpaired) electrons. The van der Waals surface area contributed by atoms with Gasteiger partial charge in [-0.05, 0) is 74.5 Å². The third kappa shape index (κ3) is 3.09. The van der Waals surface area contributed by atoms with Crippen molar-refractivity contribution in [3.05, 3.63) is 94.5 Å². The fraction of sp³-hybridized carbons (Fsp3) is 0.160. The first kappa shape index (κ1) is 21.4. The summed E-state index contributed by atoms with van der Waals surface area (Å²) in [4.78, 5) is 16.7. The van der Waals surface area contributed by atoms with E-state index in [1.165, 1.54) is 9.80 Å². The van der Waals surface area contributed by atoms with Gasteiger partial charge in [-0.2, -0.15) is 10.5 Å². The van der Waals surface area contributed by atoms with Crippen LogP contribution in [0.2, 0.25) is 5.02 Å². The molecule has 2 amide bonds. The molecule has 1 unspecified atom stereocenters. The molecule has 1 saturated heterocycles. The van der Waals surface area contributed by atoms with Gasteiger partial charge in [0.25, 0.3) is 0 Å². The molecule has 1 fully saturated rings. The summed E-state index contributed by atoms with van der Waals surface area (Å²) in [5, 5.41) is 31.3. The van der Waals surface area contributed by atoms with Gasteiger partial charge in [0.05, 0.1) is 28.8 Å². The highest BCUT2D eigenvalue weighted by Crippen LogP contribution is 2.50. The van der Waals surface area contributed by atoms with Crippen molar-refractivity contribution in [2.45, 2.75) is 25.1 Å². The summed E-state index contributed by atoms with van der Waals surface area (Å²) in [6.07, 6.45) is 0. The summed E-state index contributed by atoms with van der Waals surface area (Å²) in [5.41, 5.74) is -0.799. The van der Waals surface area contributed by atoms with E-state index in [0.717, 1.165) is 0 Å². The van der Waals surface area contributed by atoms with Crippen molar-refractivity contribution in [2.75, 3.05) is 9.80 Å². The minimum absolute atomic E-state index is 0.365. The minimum atomic E-state index is -1.83. The summed E-state index contributed by atoms with van der Waals surface area (Å²) in [6.45, 7) is 3.53. The molecule has 0 saturated carbocycles. The number of aliphatic hydroxyl groups is 1. The Balaban J connectivity index is 1.97. The maximum absolute atomic E-state index is 13.8. The second-order valence-electron chi connectivity index (χ2n) is 8.01. The van der Waals surface area contributed by atoms with Crippen LogP contribution in [0.1, 0.15) is 30.5 Å². The number of hydrogen-bond acceptors (Lipinski definition) is 4. The van der Waals surface area contributed by atoms with E-state index in [9.17, 15) is 15.2 Å². The molecular weight excluding hydrogens is 424 g/mol. The van der Waals surface area contributed by atoms with Gasteiger partial charge in [0.2, 0.25) is 0 Å². The Kier molecular flexibility index (Phi) is 5.14. The Morgan fingerprint density at radius 2 is 1.41 bits per heavy atom. The molecule has 7 heteroatoms. The van der Waals surface area contributed by atoms with Gasteiger partial charge in [0.15, 0.2) is 5.72 Å². The highest BCUT2D eigenvalue weighted by atomic mass is 35.5. The number of carbonyl (C=O) groups excluding carboxylic acids is 1. The smallest absolute Gasteiger partial charge is 0.332 e. The molecule has 0 spiro atoms. The van der Waals surface area contributed by atoms with Crippen LogP contribution >= 0.6 is 11.6 Å². The van der Waals surface area contributed by atoms with Gasteiger partial charge in [-0.1, -0.05) is 23.7 Å². The van der Waals surface area contributed by atoms with Crippen molar-refractivity contribution in [2.24, 2.45) is 0 Å². The number of anilines is 2. The van der Waals surface area contributed by atoms with Crippen molar-refractivity contribution in [3.63, 3.8) is 0 Å². The largest absolute Gasteiger partial charge is 0.365 e. The second kappa shape index (κ2) is 7.69. The maximum atomic E-state index is 13.8. The van der Waals surface area contributed by atoms with Crippen molar-refractivity contribution in [1.29, 1.82) is 10.5 Å². The lowest BCUT2D eigenvalue weighted by atomic mass is 9.83. The summed E-state index contributed by atoms with van der Waals surface area (Å²) >= 11 is 6.04. The number of amides is 2. The van der Waals surface area contributed by atoms with E-state index in [4.69, 9.17) is 16.9 Å². The molecule has 1 atom stereocenters. The van der Waals surface area contributed by atoms with E-state index in [0.29, 0.717) is 33.1 Å². The van der Waals surface area contributed by atoms with Gasteiger partial charge >= 0.3 is 6.03 Å². The molecule has 3 aromatic rings. The molecule has 3 aromatic carbocycles. The molecule has 0 bridgehead atoms. The number of hydrogen-bond donors (Lipinski definition) is 1. The lowest BCUT2D eigenvalue weighted by molar-refractivity contribution is -0.00249. The van der Waals surface area contributed by atoms with Crippen LogP contribution in [-0.2, 0) is 5.72 Å². The van der Waals surface area contributed by atoms with Crippen molar-refractivity contribution >= 4 is 29.0 Å². The molecule has 0 aromatic heterocycles. The molecule has 1 aliphatic heterocycles. The second-order valence-corrected chi connectivity index (χ2v) is 8.45. The van der Waals surface area contributed by atoms with Crippen LogP contribution < -0.4 is 9.80 Å². The Morgan fingerprint density at radius 3 is 2.00 bits per heavy atom. The van der Waals surface area contributed by atoms with Gasteiger partial charge in [0.1, 0.15) is 0 Å². The average molecular weight is 443 g/mol. The molecule has 4 rings (SSSR count). The summed E-state index contributed by atoms with van der Waals surface area (Å²) in [5.74, 6) is 0. The predicted molar refractivity (Wildman–Crippen MR) is 122 cm³/mol. The number of urea groups is 1. The van der Waals surface area contributed by atoms with E-state index in [1.807, 2.05) is 0 Å². The zero-order chi connectivity index (χ0) is 23.1. The first-order valence-electron chi connectivity index (χ1n) is 9.87. The van der Waals surface area contributed by atoms with Gasteiger partial charge in [-0.15, -0.1) is 0 Å². The lowest BCUT2D eigenvalue weighted by Gasteiger charge is -2.42. The van der Waals surface area contributed by atoms with E-state index >= 15 is 0 Å². The maximum Gasteiger partial charge on any atom is 0.332 e. The molecule has 0 aliphatic carbocycles. The standard InChI is InChI=1S/C25H19ClN4O2/c1-24(2)25(32,19-5-3-4-18(14-19)16-28)30(22-10-6-17(15-27)7-11-22)23(31)29(24)21-12-8-20(26)9-13-21/h3-14,32H,1-2H3. The average Bonchev–Trinajstić information content (AvgIpc) is 2.96. The first-order chi connectivity index (χ1) is 15.2. The predicted octanol–water partition coefficient (Wildman–Crippen LogP) is 5.15. The Hall–Kier alpha value is -3.84. The normalized spacial score (nSPS) is 19.5. The summed E-state index contributed by atoms with van der Waals surface area (Å²) in [6, 6.07) is 23.5. The number of nitriles is 2. The van der Waals surface area contributed by atoms with Gasteiger partial charge < -0.3 is 5.11 Å². The molecule has 1 aliphatic rings. The Morgan fingerprint density at radius 1 is 0.844 bits per heavy atom. The van der Waals surface area contributed by atoms with Crippen molar-refractivity contribution in [3.8, 4) is 12.1 Å².